The van der Waals surface area contributed by atoms with Crippen LogP contribution in [0.4, 0.5) is 5.95 Å². The van der Waals surface area contributed by atoms with Gasteiger partial charge in [-0.2, -0.15) is 0 Å². The Morgan fingerprint density at radius 3 is 2.58 bits per heavy atom. The molecule has 26 heavy (non-hydrogen) atoms. The maximum Gasteiger partial charge on any atom is 0.220 e. The molecule has 0 aliphatic heterocycles. The molecule has 0 saturated carbocycles. The molecule has 0 spiro atoms. The highest BCUT2D eigenvalue weighted by Crippen LogP contribution is 2.37. The maximum absolute atomic E-state index is 5.81. The molecule has 0 saturated heterocycles. The van der Waals surface area contributed by atoms with Gasteiger partial charge in [-0.05, 0) is 29.0 Å². The van der Waals surface area contributed by atoms with E-state index < -0.39 is 0 Å². The molecule has 0 bridgehead atoms. The Morgan fingerprint density at radius 1 is 1.00 bits per heavy atom. The van der Waals surface area contributed by atoms with Gasteiger partial charge in [-0.3, -0.25) is 0 Å². The van der Waals surface area contributed by atoms with Crippen LogP contribution in [0.5, 0.6) is 0 Å². The second kappa shape index (κ2) is 6.96. The summed E-state index contributed by atoms with van der Waals surface area (Å²) in [5.41, 5.74) is 12.3. The number of hydrogen-bond donors (Lipinski definition) is 1. The second-order valence-electron chi connectivity index (χ2n) is 6.37. The van der Waals surface area contributed by atoms with Crippen molar-refractivity contribution in [1.82, 2.24) is 9.97 Å². The summed E-state index contributed by atoms with van der Waals surface area (Å²) in [6, 6.07) is 19.0. The lowest BCUT2D eigenvalue weighted by Gasteiger charge is -2.26. The van der Waals surface area contributed by atoms with E-state index in [1.165, 1.54) is 16.7 Å². The van der Waals surface area contributed by atoms with E-state index in [0.29, 0.717) is 0 Å². The predicted molar refractivity (Wildman–Crippen MR) is 103 cm³/mol. The number of hydrogen-bond acceptors (Lipinski definition) is 5. The minimum atomic E-state index is 0.252. The minimum Gasteiger partial charge on any atom is -0.399 e. The van der Waals surface area contributed by atoms with E-state index in [0.717, 1.165) is 29.8 Å². The molecule has 5 nitrogen and oxygen atoms in total. The van der Waals surface area contributed by atoms with E-state index in [4.69, 9.17) is 10.6 Å². The van der Waals surface area contributed by atoms with Crippen LogP contribution in [0, 0.1) is 0 Å². The number of fused-ring (bicyclic) bond motifs is 1. The standard InChI is InChI=1S/C21H20N4O/c1-26-25-20-12-15(11-19-18(20)13-23-21(22)24-19)17-10-6-5-9-16(17)14-7-3-2-4-8-14/h2-10,13,15H,11-12H2,1H3,(H2,22,23,24). The number of nitrogens with zero attached hydrogens (tertiary/aromatic N) is 3. The van der Waals surface area contributed by atoms with Crippen LogP contribution < -0.4 is 5.73 Å². The zero-order chi connectivity index (χ0) is 17.9. The Kier molecular flexibility index (Phi) is 4.35. The van der Waals surface area contributed by atoms with Gasteiger partial charge in [0.05, 0.1) is 11.4 Å². The van der Waals surface area contributed by atoms with Crippen molar-refractivity contribution in [3.05, 3.63) is 77.6 Å². The fourth-order valence-corrected chi connectivity index (χ4v) is 3.63. The molecule has 0 amide bonds. The molecule has 1 heterocycles. The monoisotopic (exact) mass is 344 g/mol. The Morgan fingerprint density at radius 2 is 1.77 bits per heavy atom. The Bertz CT molecular complexity index is 953. The molecule has 5 heteroatoms. The molecule has 1 aromatic heterocycles. The fourth-order valence-electron chi connectivity index (χ4n) is 3.63. The molecule has 4 rings (SSSR count). The molecule has 2 aromatic carbocycles. The largest absolute Gasteiger partial charge is 0.399 e. The number of benzene rings is 2. The molecule has 1 unspecified atom stereocenters. The lowest BCUT2D eigenvalue weighted by Crippen LogP contribution is -2.22. The third-order valence-corrected chi connectivity index (χ3v) is 4.76. The van der Waals surface area contributed by atoms with E-state index in [1.54, 1.807) is 13.3 Å². The van der Waals surface area contributed by atoms with Crippen molar-refractivity contribution in [2.24, 2.45) is 5.16 Å². The highest BCUT2D eigenvalue weighted by molar-refractivity contribution is 6.02. The van der Waals surface area contributed by atoms with Gasteiger partial charge in [0.1, 0.15) is 7.11 Å². The Hall–Kier alpha value is -3.21. The van der Waals surface area contributed by atoms with E-state index in [-0.39, 0.29) is 11.9 Å². The number of oxime groups is 1. The van der Waals surface area contributed by atoms with Crippen LogP contribution >= 0.6 is 0 Å². The third kappa shape index (κ3) is 3.04. The van der Waals surface area contributed by atoms with Crippen molar-refractivity contribution in [3.63, 3.8) is 0 Å². The number of aromatic nitrogens is 2. The van der Waals surface area contributed by atoms with Crippen LogP contribution in [0.1, 0.15) is 29.2 Å². The van der Waals surface area contributed by atoms with Gasteiger partial charge in [-0.15, -0.1) is 0 Å². The Balaban J connectivity index is 1.79. The van der Waals surface area contributed by atoms with Gasteiger partial charge in [0.2, 0.25) is 5.95 Å². The second-order valence-corrected chi connectivity index (χ2v) is 6.37. The zero-order valence-electron chi connectivity index (χ0n) is 14.6. The number of rotatable bonds is 3. The summed E-state index contributed by atoms with van der Waals surface area (Å²) in [6.45, 7) is 0. The first-order chi connectivity index (χ1) is 12.8. The minimum absolute atomic E-state index is 0.252. The van der Waals surface area contributed by atoms with Crippen LogP contribution in [-0.2, 0) is 11.3 Å². The summed E-state index contributed by atoms with van der Waals surface area (Å²) in [5.74, 6) is 0.541. The van der Waals surface area contributed by atoms with Gasteiger partial charge in [0.25, 0.3) is 0 Å². The van der Waals surface area contributed by atoms with Crippen molar-refractivity contribution < 1.29 is 4.84 Å². The van der Waals surface area contributed by atoms with Crippen molar-refractivity contribution in [2.75, 3.05) is 12.8 Å². The summed E-state index contributed by atoms with van der Waals surface area (Å²) in [5, 5.41) is 4.23. The van der Waals surface area contributed by atoms with Gasteiger partial charge in [-0.1, -0.05) is 59.8 Å². The van der Waals surface area contributed by atoms with E-state index in [9.17, 15) is 0 Å². The highest BCUT2D eigenvalue weighted by atomic mass is 16.6. The first kappa shape index (κ1) is 16.3. The van der Waals surface area contributed by atoms with Crippen LogP contribution in [0.3, 0.4) is 0 Å². The fraction of sp³-hybridized carbons (Fsp3) is 0.190. The molecule has 0 radical (unpaired) electrons. The van der Waals surface area contributed by atoms with Gasteiger partial charge >= 0.3 is 0 Å². The molecular weight excluding hydrogens is 324 g/mol. The van der Waals surface area contributed by atoms with Gasteiger partial charge < -0.3 is 10.6 Å². The topological polar surface area (TPSA) is 73.4 Å². The summed E-state index contributed by atoms with van der Waals surface area (Å²) in [7, 11) is 1.56. The number of anilines is 1. The predicted octanol–water partition coefficient (Wildman–Crippen LogP) is 3.81. The molecule has 1 aliphatic rings. The molecular formula is C21H20N4O. The van der Waals surface area contributed by atoms with Crippen LogP contribution in [0.25, 0.3) is 11.1 Å². The van der Waals surface area contributed by atoms with Crippen molar-refractivity contribution >= 4 is 11.7 Å². The zero-order valence-corrected chi connectivity index (χ0v) is 14.6. The molecule has 3 aromatic rings. The summed E-state index contributed by atoms with van der Waals surface area (Å²) >= 11 is 0. The third-order valence-electron chi connectivity index (χ3n) is 4.76. The molecule has 1 atom stereocenters. The van der Waals surface area contributed by atoms with E-state index in [2.05, 4.69) is 63.7 Å². The van der Waals surface area contributed by atoms with E-state index >= 15 is 0 Å². The normalized spacial score (nSPS) is 17.7. The SMILES string of the molecule is CON=C1CC(c2ccccc2-c2ccccc2)Cc2nc(N)ncc21. The van der Waals surface area contributed by atoms with Crippen molar-refractivity contribution in [1.29, 1.82) is 0 Å². The van der Waals surface area contributed by atoms with Crippen LogP contribution in [0.15, 0.2) is 65.9 Å². The summed E-state index contributed by atoms with van der Waals surface area (Å²) in [4.78, 5) is 13.6. The van der Waals surface area contributed by atoms with Crippen molar-refractivity contribution in [3.8, 4) is 11.1 Å². The maximum atomic E-state index is 5.81. The van der Waals surface area contributed by atoms with Gasteiger partial charge in [0.15, 0.2) is 0 Å². The highest BCUT2D eigenvalue weighted by Gasteiger charge is 2.28. The summed E-state index contributed by atoms with van der Waals surface area (Å²) < 4.78 is 0. The van der Waals surface area contributed by atoms with Crippen molar-refractivity contribution in [2.45, 2.75) is 18.8 Å². The van der Waals surface area contributed by atoms with Gasteiger partial charge in [0, 0.05) is 18.2 Å². The molecule has 1 aliphatic carbocycles. The lowest BCUT2D eigenvalue weighted by molar-refractivity contribution is 0.212. The van der Waals surface area contributed by atoms with Crippen LogP contribution in [0.2, 0.25) is 0 Å². The lowest BCUT2D eigenvalue weighted by atomic mass is 9.79. The summed E-state index contributed by atoms with van der Waals surface area (Å²) in [6.07, 6.45) is 3.32. The molecule has 130 valence electrons. The first-order valence-corrected chi connectivity index (χ1v) is 8.62. The smallest absolute Gasteiger partial charge is 0.220 e. The molecule has 2 N–H and O–H groups in total. The average Bonchev–Trinajstić information content (AvgIpc) is 2.68. The number of nitrogens with two attached hydrogens (primary N) is 1. The average molecular weight is 344 g/mol. The number of nitrogen functional groups attached to an aromatic ring is 1. The first-order valence-electron chi connectivity index (χ1n) is 8.62. The van der Waals surface area contributed by atoms with Crippen LogP contribution in [-0.4, -0.2) is 22.8 Å². The van der Waals surface area contributed by atoms with E-state index in [1.807, 2.05) is 6.07 Å². The van der Waals surface area contributed by atoms with Gasteiger partial charge in [-0.25, -0.2) is 9.97 Å². The molecule has 0 fully saturated rings. The Labute approximate surface area is 152 Å². The quantitative estimate of drug-likeness (QED) is 0.733.